The molecule has 3 aromatic heterocycles. The van der Waals surface area contributed by atoms with Gasteiger partial charge in [0.1, 0.15) is 10.6 Å². The maximum absolute atomic E-state index is 12.7. The van der Waals surface area contributed by atoms with Crippen LogP contribution in [0.15, 0.2) is 45.6 Å². The number of carbonyl (C=O) groups is 2. The number of rotatable bonds is 5. The normalized spacial score (nSPS) is 14.3. The van der Waals surface area contributed by atoms with E-state index in [9.17, 15) is 9.59 Å². The lowest BCUT2D eigenvalue weighted by Crippen LogP contribution is -2.21. The van der Waals surface area contributed by atoms with Gasteiger partial charge in [0.2, 0.25) is 0 Å². The number of ketones is 1. The average molecular weight is 342 g/mol. The summed E-state index contributed by atoms with van der Waals surface area (Å²) in [6.45, 7) is 0. The number of Topliss-reactive ketones (excluding diaryl/α,β-unsaturated/α-hetero) is 1. The van der Waals surface area contributed by atoms with Gasteiger partial charge in [-0.1, -0.05) is 17.8 Å². The van der Waals surface area contributed by atoms with Gasteiger partial charge in [-0.25, -0.2) is 4.98 Å². The van der Waals surface area contributed by atoms with Crippen LogP contribution in [0.1, 0.15) is 39.5 Å². The Morgan fingerprint density at radius 1 is 1.17 bits per heavy atom. The number of hydrogen-bond donors (Lipinski definition) is 1. The van der Waals surface area contributed by atoms with E-state index >= 15 is 0 Å². The Morgan fingerprint density at radius 2 is 1.96 bits per heavy atom. The molecule has 0 atom stereocenters. The van der Waals surface area contributed by atoms with E-state index in [1.807, 2.05) is 0 Å². The van der Waals surface area contributed by atoms with Crippen molar-refractivity contribution in [3.63, 3.8) is 0 Å². The first-order chi connectivity index (χ1) is 11.7. The van der Waals surface area contributed by atoms with Crippen LogP contribution in [0, 0.1) is 5.92 Å². The highest BCUT2D eigenvalue weighted by Gasteiger charge is 2.31. The largest absolute Gasteiger partial charge is 0.463 e. The number of thiazole rings is 1. The second-order valence-corrected chi connectivity index (χ2v) is 6.60. The van der Waals surface area contributed by atoms with Crippen LogP contribution in [-0.4, -0.2) is 16.7 Å². The van der Waals surface area contributed by atoms with Crippen molar-refractivity contribution in [2.24, 2.45) is 5.92 Å². The molecular weight excluding hydrogens is 328 g/mol. The molecule has 3 aromatic rings. The summed E-state index contributed by atoms with van der Waals surface area (Å²) >= 11 is 1.17. The highest BCUT2D eigenvalue weighted by atomic mass is 32.1. The molecule has 0 radical (unpaired) electrons. The maximum atomic E-state index is 12.7. The number of amides is 1. The van der Waals surface area contributed by atoms with Gasteiger partial charge in [-0.3, -0.25) is 14.9 Å². The Hall–Kier alpha value is -2.67. The second-order valence-electron chi connectivity index (χ2n) is 5.60. The molecule has 0 saturated heterocycles. The van der Waals surface area contributed by atoms with Crippen LogP contribution in [0.25, 0.3) is 11.5 Å². The highest BCUT2D eigenvalue weighted by molar-refractivity contribution is 7.18. The third kappa shape index (κ3) is 2.67. The fourth-order valence-corrected chi connectivity index (χ4v) is 3.53. The van der Waals surface area contributed by atoms with E-state index in [-0.39, 0.29) is 17.5 Å². The van der Waals surface area contributed by atoms with Crippen molar-refractivity contribution < 1.29 is 18.4 Å². The van der Waals surface area contributed by atoms with E-state index in [0.29, 0.717) is 21.5 Å². The molecule has 0 spiro atoms. The Balaban J connectivity index is 1.66. The molecule has 3 heterocycles. The van der Waals surface area contributed by atoms with Crippen LogP contribution in [0.2, 0.25) is 0 Å². The molecule has 0 aliphatic heterocycles. The van der Waals surface area contributed by atoms with Gasteiger partial charge in [-0.2, -0.15) is 0 Å². The molecule has 1 aliphatic carbocycles. The molecule has 6 nitrogen and oxygen atoms in total. The molecule has 7 heteroatoms. The van der Waals surface area contributed by atoms with Crippen molar-refractivity contribution in [1.29, 1.82) is 0 Å². The topological polar surface area (TPSA) is 85.3 Å². The van der Waals surface area contributed by atoms with Gasteiger partial charge in [-0.15, -0.1) is 0 Å². The number of aromatic nitrogens is 1. The summed E-state index contributed by atoms with van der Waals surface area (Å²) in [6.07, 6.45) is 5.85. The first kappa shape index (κ1) is 14.9. The van der Waals surface area contributed by atoms with Crippen LogP contribution in [0.4, 0.5) is 5.13 Å². The molecule has 0 unspecified atom stereocenters. The van der Waals surface area contributed by atoms with Gasteiger partial charge in [0, 0.05) is 5.92 Å². The number of anilines is 1. The number of carbonyl (C=O) groups excluding carboxylic acids is 2. The van der Waals surface area contributed by atoms with E-state index in [1.54, 1.807) is 24.3 Å². The van der Waals surface area contributed by atoms with Crippen molar-refractivity contribution in [1.82, 2.24) is 4.98 Å². The lowest BCUT2D eigenvalue weighted by atomic mass is 9.81. The van der Waals surface area contributed by atoms with E-state index in [0.717, 1.165) is 19.3 Å². The van der Waals surface area contributed by atoms with Crippen molar-refractivity contribution in [2.75, 3.05) is 5.32 Å². The third-order valence-corrected chi connectivity index (χ3v) is 5.03. The van der Waals surface area contributed by atoms with Gasteiger partial charge in [0.25, 0.3) is 5.91 Å². The number of furan rings is 2. The number of nitrogens with zero attached hydrogens (tertiary/aromatic N) is 1. The van der Waals surface area contributed by atoms with Crippen LogP contribution in [0.3, 0.4) is 0 Å². The molecule has 1 saturated carbocycles. The van der Waals surface area contributed by atoms with Crippen molar-refractivity contribution in [3.8, 4) is 11.5 Å². The monoisotopic (exact) mass is 342 g/mol. The van der Waals surface area contributed by atoms with Crippen molar-refractivity contribution >= 4 is 28.2 Å². The predicted molar refractivity (Wildman–Crippen MR) is 88.1 cm³/mol. The third-order valence-electron chi connectivity index (χ3n) is 4.05. The maximum Gasteiger partial charge on any atom is 0.293 e. The molecule has 1 N–H and O–H groups in total. The van der Waals surface area contributed by atoms with Gasteiger partial charge in [0.05, 0.1) is 12.5 Å². The van der Waals surface area contributed by atoms with Crippen LogP contribution in [0.5, 0.6) is 0 Å². The Kier molecular flexibility index (Phi) is 3.78. The molecule has 1 amide bonds. The van der Waals surface area contributed by atoms with E-state index in [4.69, 9.17) is 8.83 Å². The number of nitrogens with one attached hydrogen (secondary N) is 1. The fraction of sp³-hybridized carbons (Fsp3) is 0.235. The minimum Gasteiger partial charge on any atom is -0.463 e. The summed E-state index contributed by atoms with van der Waals surface area (Å²) in [7, 11) is 0. The zero-order valence-corrected chi connectivity index (χ0v) is 13.5. The van der Waals surface area contributed by atoms with E-state index in [2.05, 4.69) is 10.3 Å². The summed E-state index contributed by atoms with van der Waals surface area (Å²) < 4.78 is 10.5. The van der Waals surface area contributed by atoms with Gasteiger partial charge in [-0.05, 0) is 37.1 Å². The minimum absolute atomic E-state index is 0.0489. The Bertz CT molecular complexity index is 861. The van der Waals surface area contributed by atoms with Crippen molar-refractivity contribution in [2.45, 2.75) is 19.3 Å². The summed E-state index contributed by atoms with van der Waals surface area (Å²) in [6, 6.07) is 6.70. The van der Waals surface area contributed by atoms with Crippen LogP contribution >= 0.6 is 11.3 Å². The highest BCUT2D eigenvalue weighted by Crippen LogP contribution is 2.37. The standard InChI is InChI=1S/C17H14N2O4S/c20-14(10-4-1-5-10)15-13(11-6-2-8-22-11)18-17(24-15)19-16(21)12-7-3-9-23-12/h2-3,6-10H,1,4-5H2,(H,18,19,21). The zero-order chi connectivity index (χ0) is 16.5. The lowest BCUT2D eigenvalue weighted by Gasteiger charge is -2.23. The predicted octanol–water partition coefficient (Wildman–Crippen LogP) is 4.23. The Morgan fingerprint density at radius 3 is 2.58 bits per heavy atom. The quantitative estimate of drug-likeness (QED) is 0.701. The average Bonchev–Trinajstić information content (AvgIpc) is 3.26. The first-order valence-electron chi connectivity index (χ1n) is 7.66. The van der Waals surface area contributed by atoms with Crippen LogP contribution < -0.4 is 5.32 Å². The van der Waals surface area contributed by atoms with Gasteiger partial charge < -0.3 is 8.83 Å². The summed E-state index contributed by atoms with van der Waals surface area (Å²) in [5.74, 6) is 0.433. The van der Waals surface area contributed by atoms with Crippen LogP contribution in [-0.2, 0) is 0 Å². The lowest BCUT2D eigenvalue weighted by molar-refractivity contribution is 0.0859. The molecule has 1 fully saturated rings. The first-order valence-corrected chi connectivity index (χ1v) is 8.48. The second kappa shape index (κ2) is 6.09. The summed E-state index contributed by atoms with van der Waals surface area (Å²) in [4.78, 5) is 29.7. The van der Waals surface area contributed by atoms with Crippen molar-refractivity contribution in [3.05, 3.63) is 47.4 Å². The fourth-order valence-electron chi connectivity index (χ4n) is 2.54. The molecule has 0 bridgehead atoms. The molecule has 24 heavy (non-hydrogen) atoms. The minimum atomic E-state index is -0.401. The Labute approximate surface area is 141 Å². The van der Waals surface area contributed by atoms with E-state index < -0.39 is 5.91 Å². The SMILES string of the molecule is O=C(Nc1nc(-c2ccco2)c(C(=O)C2CCC2)s1)c1ccco1. The molecule has 122 valence electrons. The zero-order valence-electron chi connectivity index (χ0n) is 12.7. The van der Waals surface area contributed by atoms with E-state index in [1.165, 1.54) is 23.9 Å². The molecular formula is C17H14N2O4S. The van der Waals surface area contributed by atoms with Gasteiger partial charge in [0.15, 0.2) is 22.4 Å². The number of hydrogen-bond acceptors (Lipinski definition) is 6. The summed E-state index contributed by atoms with van der Waals surface area (Å²) in [5.41, 5.74) is 0.483. The molecule has 4 rings (SSSR count). The summed E-state index contributed by atoms with van der Waals surface area (Å²) in [5, 5.41) is 3.03. The smallest absolute Gasteiger partial charge is 0.293 e. The molecule has 1 aliphatic rings. The van der Waals surface area contributed by atoms with Gasteiger partial charge >= 0.3 is 0 Å². The molecule has 0 aromatic carbocycles.